The van der Waals surface area contributed by atoms with Crippen molar-refractivity contribution in [3.05, 3.63) is 17.5 Å². The molecule has 1 atom stereocenters. The molecule has 0 radical (unpaired) electrons. The number of hydrogen-bond acceptors (Lipinski definition) is 5. The summed E-state index contributed by atoms with van der Waals surface area (Å²) >= 11 is 1.24. The van der Waals surface area contributed by atoms with Crippen molar-refractivity contribution in [2.45, 2.75) is 42.9 Å². The number of carbonyl (C=O) groups excluding carboxylic acids is 1. The third-order valence-electron chi connectivity index (χ3n) is 5.33. The molecule has 0 spiro atoms. The number of likely N-dealkylation sites (N-methyl/N-ethyl adjacent to an activating group) is 1. The molecule has 6 nitrogen and oxygen atoms in total. The van der Waals surface area contributed by atoms with Crippen molar-refractivity contribution in [2.24, 2.45) is 5.92 Å². The molecule has 3 rings (SSSR count). The first-order valence-electron chi connectivity index (χ1n) is 9.07. The van der Waals surface area contributed by atoms with Crippen molar-refractivity contribution in [3.63, 3.8) is 0 Å². The molecule has 2 aliphatic rings. The van der Waals surface area contributed by atoms with Gasteiger partial charge in [0.25, 0.3) is 10.0 Å². The average molecular weight is 386 g/mol. The Balaban J connectivity index is 1.48. The number of rotatable bonds is 6. The highest BCUT2D eigenvalue weighted by atomic mass is 32.2. The monoisotopic (exact) mass is 385 g/mol. The maximum absolute atomic E-state index is 12.5. The van der Waals surface area contributed by atoms with Gasteiger partial charge < -0.3 is 5.32 Å². The van der Waals surface area contributed by atoms with Crippen LogP contribution < -0.4 is 5.32 Å². The van der Waals surface area contributed by atoms with Gasteiger partial charge in [0.15, 0.2) is 0 Å². The van der Waals surface area contributed by atoms with E-state index < -0.39 is 10.0 Å². The Hall–Kier alpha value is -0.960. The Kier molecular flexibility index (Phi) is 6.14. The van der Waals surface area contributed by atoms with Gasteiger partial charge in [0.2, 0.25) is 5.91 Å². The van der Waals surface area contributed by atoms with Crippen LogP contribution in [-0.4, -0.2) is 62.3 Å². The number of likely N-dealkylation sites (tertiary alicyclic amines) is 1. The van der Waals surface area contributed by atoms with Crippen molar-refractivity contribution >= 4 is 27.3 Å². The molecule has 0 saturated carbocycles. The van der Waals surface area contributed by atoms with Crippen molar-refractivity contribution < 1.29 is 13.2 Å². The van der Waals surface area contributed by atoms with Crippen LogP contribution >= 0.6 is 11.3 Å². The summed E-state index contributed by atoms with van der Waals surface area (Å²) in [5, 5.41) is 4.87. The highest BCUT2D eigenvalue weighted by molar-refractivity contribution is 7.91. The number of nitrogens with one attached hydrogen (secondary N) is 1. The molecule has 0 aliphatic carbocycles. The van der Waals surface area contributed by atoms with Gasteiger partial charge in [-0.05, 0) is 50.2 Å². The number of hydrogen-bond donors (Lipinski definition) is 1. The minimum absolute atomic E-state index is 0.0775. The molecule has 1 unspecified atom stereocenters. The predicted molar refractivity (Wildman–Crippen MR) is 99.1 cm³/mol. The van der Waals surface area contributed by atoms with Crippen LogP contribution in [-0.2, 0) is 14.8 Å². The average Bonchev–Trinajstić information content (AvgIpc) is 3.31. The van der Waals surface area contributed by atoms with Crippen LogP contribution in [0, 0.1) is 5.92 Å². The Labute approximate surface area is 154 Å². The summed E-state index contributed by atoms with van der Waals surface area (Å²) in [5.74, 6) is 0.00221. The van der Waals surface area contributed by atoms with E-state index in [1.165, 1.54) is 22.1 Å². The van der Waals surface area contributed by atoms with Gasteiger partial charge in [-0.3, -0.25) is 9.69 Å². The molecule has 8 heteroatoms. The summed E-state index contributed by atoms with van der Waals surface area (Å²) in [6.07, 6.45) is 3.54. The summed E-state index contributed by atoms with van der Waals surface area (Å²) in [5.41, 5.74) is 0. The van der Waals surface area contributed by atoms with Crippen molar-refractivity contribution in [1.82, 2.24) is 14.5 Å². The van der Waals surface area contributed by atoms with Crippen LogP contribution in [0.4, 0.5) is 0 Å². The van der Waals surface area contributed by atoms with Crippen LogP contribution in [0.2, 0.25) is 0 Å². The molecule has 2 aliphatic heterocycles. The second-order valence-electron chi connectivity index (χ2n) is 6.78. The maximum atomic E-state index is 12.5. The SMILES string of the molecule is CCN1CCCC1CNC(=O)C1CCN(S(=O)(=O)c2cccs2)CC1. The summed E-state index contributed by atoms with van der Waals surface area (Å²) < 4.78 is 26.9. The Bertz CT molecular complexity index is 667. The van der Waals surface area contributed by atoms with E-state index >= 15 is 0 Å². The molecule has 2 saturated heterocycles. The lowest BCUT2D eigenvalue weighted by atomic mass is 9.97. The van der Waals surface area contributed by atoms with Gasteiger partial charge in [-0.15, -0.1) is 11.3 Å². The van der Waals surface area contributed by atoms with Gasteiger partial charge in [-0.1, -0.05) is 13.0 Å². The van der Waals surface area contributed by atoms with E-state index in [4.69, 9.17) is 0 Å². The Morgan fingerprint density at radius 1 is 1.28 bits per heavy atom. The van der Waals surface area contributed by atoms with E-state index in [2.05, 4.69) is 17.1 Å². The minimum atomic E-state index is -3.39. The molecule has 1 N–H and O–H groups in total. The van der Waals surface area contributed by atoms with Gasteiger partial charge in [0.1, 0.15) is 4.21 Å². The largest absolute Gasteiger partial charge is 0.354 e. The van der Waals surface area contributed by atoms with E-state index in [0.29, 0.717) is 42.7 Å². The molecule has 1 amide bonds. The molecule has 0 aromatic carbocycles. The zero-order valence-corrected chi connectivity index (χ0v) is 16.3. The smallest absolute Gasteiger partial charge is 0.252 e. The van der Waals surface area contributed by atoms with Crippen molar-refractivity contribution in [1.29, 1.82) is 0 Å². The number of piperidine rings is 1. The van der Waals surface area contributed by atoms with Crippen molar-refractivity contribution in [2.75, 3.05) is 32.7 Å². The van der Waals surface area contributed by atoms with Gasteiger partial charge in [0.05, 0.1) is 0 Å². The van der Waals surface area contributed by atoms with Crippen LogP contribution in [0.3, 0.4) is 0 Å². The van der Waals surface area contributed by atoms with Gasteiger partial charge >= 0.3 is 0 Å². The second-order valence-corrected chi connectivity index (χ2v) is 9.89. The summed E-state index contributed by atoms with van der Waals surface area (Å²) in [6, 6.07) is 3.84. The lowest BCUT2D eigenvalue weighted by Gasteiger charge is -2.30. The van der Waals surface area contributed by atoms with E-state index in [-0.39, 0.29) is 11.8 Å². The number of amides is 1. The summed E-state index contributed by atoms with van der Waals surface area (Å²) in [6.45, 7) is 5.85. The molecular weight excluding hydrogens is 358 g/mol. The van der Waals surface area contributed by atoms with Crippen LogP contribution in [0.25, 0.3) is 0 Å². The number of sulfonamides is 1. The predicted octanol–water partition coefficient (Wildman–Crippen LogP) is 1.75. The highest BCUT2D eigenvalue weighted by Gasteiger charge is 2.33. The first-order chi connectivity index (χ1) is 12.0. The zero-order chi connectivity index (χ0) is 17.9. The van der Waals surface area contributed by atoms with Crippen LogP contribution in [0.15, 0.2) is 21.7 Å². The third kappa shape index (κ3) is 4.24. The fraction of sp³-hybridized carbons (Fsp3) is 0.706. The third-order valence-corrected chi connectivity index (χ3v) is 8.60. The van der Waals surface area contributed by atoms with E-state index in [9.17, 15) is 13.2 Å². The molecule has 140 valence electrons. The standard InChI is InChI=1S/C17H27N3O3S2/c1-2-19-9-3-5-15(19)13-18-17(21)14-7-10-20(11-8-14)25(22,23)16-6-4-12-24-16/h4,6,12,14-15H,2-3,5,7-11,13H2,1H3,(H,18,21). The van der Waals surface area contributed by atoms with Gasteiger partial charge in [0, 0.05) is 31.6 Å². The Morgan fingerprint density at radius 3 is 2.68 bits per heavy atom. The van der Waals surface area contributed by atoms with Gasteiger partial charge in [-0.2, -0.15) is 4.31 Å². The number of nitrogens with zero attached hydrogens (tertiary/aromatic N) is 2. The first kappa shape index (κ1) is 18.8. The molecule has 25 heavy (non-hydrogen) atoms. The number of thiophene rings is 1. The first-order valence-corrected chi connectivity index (χ1v) is 11.4. The molecule has 3 heterocycles. The van der Waals surface area contributed by atoms with E-state index in [0.717, 1.165) is 19.5 Å². The summed E-state index contributed by atoms with van der Waals surface area (Å²) in [7, 11) is -3.39. The zero-order valence-electron chi connectivity index (χ0n) is 14.7. The molecule has 1 aromatic rings. The van der Waals surface area contributed by atoms with E-state index in [1.807, 2.05) is 0 Å². The second kappa shape index (κ2) is 8.16. The molecular formula is C17H27N3O3S2. The molecule has 0 bridgehead atoms. The van der Waals surface area contributed by atoms with Crippen LogP contribution in [0.1, 0.15) is 32.6 Å². The topological polar surface area (TPSA) is 69.7 Å². The molecule has 1 aromatic heterocycles. The lowest BCUT2D eigenvalue weighted by molar-refractivity contribution is -0.126. The normalized spacial score (nSPS) is 23.8. The van der Waals surface area contributed by atoms with Crippen LogP contribution in [0.5, 0.6) is 0 Å². The molecule has 2 fully saturated rings. The fourth-order valence-corrected chi connectivity index (χ4v) is 6.42. The van der Waals surface area contributed by atoms with E-state index in [1.54, 1.807) is 17.5 Å². The van der Waals surface area contributed by atoms with Crippen molar-refractivity contribution in [3.8, 4) is 0 Å². The fourth-order valence-electron chi connectivity index (χ4n) is 3.80. The number of carbonyl (C=O) groups is 1. The summed E-state index contributed by atoms with van der Waals surface area (Å²) in [4.78, 5) is 14.9. The lowest BCUT2D eigenvalue weighted by Crippen LogP contribution is -2.45. The quantitative estimate of drug-likeness (QED) is 0.810. The Morgan fingerprint density at radius 2 is 2.04 bits per heavy atom. The van der Waals surface area contributed by atoms with Gasteiger partial charge in [-0.25, -0.2) is 8.42 Å². The minimum Gasteiger partial charge on any atom is -0.354 e. The highest BCUT2D eigenvalue weighted by Crippen LogP contribution is 2.26. The maximum Gasteiger partial charge on any atom is 0.252 e.